The van der Waals surface area contributed by atoms with Crippen LogP contribution in [0.3, 0.4) is 0 Å². The number of halogens is 1. The number of anilines is 3. The molecule has 0 unspecified atom stereocenters. The molecule has 9 heteroatoms. The minimum absolute atomic E-state index is 0.197. The molecule has 2 atom stereocenters. The van der Waals surface area contributed by atoms with Gasteiger partial charge < -0.3 is 24.6 Å². The largest absolute Gasteiger partial charge is 0.378 e. The van der Waals surface area contributed by atoms with Crippen LogP contribution in [0.4, 0.5) is 22.0 Å². The molecule has 1 saturated heterocycles. The van der Waals surface area contributed by atoms with Crippen LogP contribution in [-0.4, -0.2) is 62.7 Å². The van der Waals surface area contributed by atoms with Gasteiger partial charge in [-0.05, 0) is 40.2 Å². The molecule has 0 aromatic carbocycles. The number of aliphatic hydroxyl groups is 1. The standard InChI is InChI=1S/C25H31FN6O2/c1-16(2)32-14-17(6-9-25(3,4)33)18-13-28-23(12-20(18)32)29-22-7-10-27-24(30-22)31-11-8-21(34-5)19(26)15-31/h7,10,12-14,16,19,21,33H,8,11,15H2,1-5H3,(H,27,28,29,30)/t19-,21+/m1/s1. The molecule has 0 amide bonds. The minimum Gasteiger partial charge on any atom is -0.378 e. The first kappa shape index (κ1) is 23.9. The number of aromatic nitrogens is 4. The maximum absolute atomic E-state index is 14.3. The fourth-order valence-corrected chi connectivity index (χ4v) is 3.99. The Hall–Kier alpha value is -3.22. The zero-order chi connectivity index (χ0) is 24.5. The molecule has 4 heterocycles. The quantitative estimate of drug-likeness (QED) is 0.553. The van der Waals surface area contributed by atoms with E-state index < -0.39 is 11.8 Å². The van der Waals surface area contributed by atoms with Crippen LogP contribution in [0.5, 0.6) is 0 Å². The third kappa shape index (κ3) is 5.29. The Kier molecular flexibility index (Phi) is 6.73. The number of alkyl halides is 1. The first-order chi connectivity index (χ1) is 16.1. The molecule has 3 aromatic heterocycles. The Bertz CT molecular complexity index is 1220. The second-order valence-corrected chi connectivity index (χ2v) is 9.33. The number of piperidine rings is 1. The molecule has 34 heavy (non-hydrogen) atoms. The number of methoxy groups -OCH3 is 1. The molecule has 0 radical (unpaired) electrons. The summed E-state index contributed by atoms with van der Waals surface area (Å²) in [6, 6.07) is 3.92. The van der Waals surface area contributed by atoms with Crippen molar-refractivity contribution in [3.05, 3.63) is 36.3 Å². The fraction of sp³-hybridized carbons (Fsp3) is 0.480. The third-order valence-electron chi connectivity index (χ3n) is 5.74. The van der Waals surface area contributed by atoms with Crippen molar-refractivity contribution in [2.45, 2.75) is 58.0 Å². The minimum atomic E-state index is -1.08. The van der Waals surface area contributed by atoms with E-state index in [9.17, 15) is 9.50 Å². The van der Waals surface area contributed by atoms with E-state index in [0.29, 0.717) is 30.5 Å². The molecule has 2 N–H and O–H groups in total. The Morgan fingerprint density at radius 3 is 2.76 bits per heavy atom. The van der Waals surface area contributed by atoms with Crippen molar-refractivity contribution in [3.63, 3.8) is 0 Å². The van der Waals surface area contributed by atoms with Crippen molar-refractivity contribution in [1.82, 2.24) is 19.5 Å². The van der Waals surface area contributed by atoms with Crippen LogP contribution in [0.25, 0.3) is 10.9 Å². The number of pyridine rings is 1. The molecule has 1 fully saturated rings. The van der Waals surface area contributed by atoms with Gasteiger partial charge in [0.15, 0.2) is 0 Å². The van der Waals surface area contributed by atoms with Gasteiger partial charge in [-0.15, -0.1) is 0 Å². The van der Waals surface area contributed by atoms with Crippen molar-refractivity contribution < 1.29 is 14.2 Å². The topological polar surface area (TPSA) is 88.3 Å². The third-order valence-corrected chi connectivity index (χ3v) is 5.74. The van der Waals surface area contributed by atoms with Gasteiger partial charge in [-0.1, -0.05) is 11.8 Å². The highest BCUT2D eigenvalue weighted by molar-refractivity contribution is 5.88. The highest BCUT2D eigenvalue weighted by Gasteiger charge is 2.30. The summed E-state index contributed by atoms with van der Waals surface area (Å²) in [5, 5.41) is 14.1. The van der Waals surface area contributed by atoms with Crippen molar-refractivity contribution in [2.75, 3.05) is 30.4 Å². The molecular weight excluding hydrogens is 435 g/mol. The van der Waals surface area contributed by atoms with Crippen LogP contribution in [0.2, 0.25) is 0 Å². The lowest BCUT2D eigenvalue weighted by Crippen LogP contribution is -2.46. The number of fused-ring (bicyclic) bond motifs is 1. The molecule has 180 valence electrons. The summed E-state index contributed by atoms with van der Waals surface area (Å²) in [4.78, 5) is 15.3. The monoisotopic (exact) mass is 466 g/mol. The first-order valence-corrected chi connectivity index (χ1v) is 11.4. The number of ether oxygens (including phenoxy) is 1. The normalized spacial score (nSPS) is 18.8. The molecule has 0 saturated carbocycles. The van der Waals surface area contributed by atoms with Crippen LogP contribution in [0, 0.1) is 11.8 Å². The Balaban J connectivity index is 1.60. The molecule has 0 bridgehead atoms. The lowest BCUT2D eigenvalue weighted by atomic mass is 10.1. The van der Waals surface area contributed by atoms with Crippen molar-refractivity contribution in [3.8, 4) is 11.8 Å². The molecule has 1 aliphatic heterocycles. The van der Waals surface area contributed by atoms with Crippen LogP contribution in [0.15, 0.2) is 30.7 Å². The molecule has 0 spiro atoms. The summed E-state index contributed by atoms with van der Waals surface area (Å²) in [5.74, 6) is 7.63. The second kappa shape index (κ2) is 9.57. The lowest BCUT2D eigenvalue weighted by Gasteiger charge is -2.33. The zero-order valence-electron chi connectivity index (χ0n) is 20.2. The van der Waals surface area contributed by atoms with E-state index >= 15 is 0 Å². The van der Waals surface area contributed by atoms with E-state index in [1.54, 1.807) is 32.3 Å². The predicted molar refractivity (Wildman–Crippen MR) is 131 cm³/mol. The Labute approximate surface area is 199 Å². The number of nitrogens with one attached hydrogen (secondary N) is 1. The van der Waals surface area contributed by atoms with Gasteiger partial charge in [-0.3, -0.25) is 0 Å². The maximum Gasteiger partial charge on any atom is 0.227 e. The van der Waals surface area contributed by atoms with Crippen LogP contribution in [-0.2, 0) is 4.74 Å². The van der Waals surface area contributed by atoms with Gasteiger partial charge in [0.2, 0.25) is 5.95 Å². The second-order valence-electron chi connectivity index (χ2n) is 9.33. The molecular formula is C25H31FN6O2. The molecule has 3 aromatic rings. The fourth-order valence-electron chi connectivity index (χ4n) is 3.99. The average molecular weight is 467 g/mol. The average Bonchev–Trinajstić information content (AvgIpc) is 3.15. The van der Waals surface area contributed by atoms with Crippen LogP contribution in [0.1, 0.15) is 45.7 Å². The van der Waals surface area contributed by atoms with E-state index in [0.717, 1.165) is 16.5 Å². The molecule has 1 aliphatic rings. The number of nitrogens with zero attached hydrogens (tertiary/aromatic N) is 5. The van der Waals surface area contributed by atoms with Crippen LogP contribution < -0.4 is 10.2 Å². The molecule has 4 rings (SSSR count). The summed E-state index contributed by atoms with van der Waals surface area (Å²) < 4.78 is 21.7. The summed E-state index contributed by atoms with van der Waals surface area (Å²) >= 11 is 0. The summed E-state index contributed by atoms with van der Waals surface area (Å²) in [7, 11) is 1.54. The van der Waals surface area contributed by atoms with E-state index in [1.807, 2.05) is 17.2 Å². The summed E-state index contributed by atoms with van der Waals surface area (Å²) in [6.07, 6.45) is 4.53. The Morgan fingerprint density at radius 1 is 1.29 bits per heavy atom. The highest BCUT2D eigenvalue weighted by atomic mass is 19.1. The van der Waals surface area contributed by atoms with Gasteiger partial charge in [-0.25, -0.2) is 14.4 Å². The molecule has 0 aliphatic carbocycles. The maximum atomic E-state index is 14.3. The highest BCUT2D eigenvalue weighted by Crippen LogP contribution is 2.27. The van der Waals surface area contributed by atoms with Gasteiger partial charge >= 0.3 is 0 Å². The van der Waals surface area contributed by atoms with Gasteiger partial charge in [0, 0.05) is 49.7 Å². The number of hydrogen-bond acceptors (Lipinski definition) is 7. The van der Waals surface area contributed by atoms with Crippen molar-refractivity contribution in [1.29, 1.82) is 0 Å². The molecule has 8 nitrogen and oxygen atoms in total. The Morgan fingerprint density at radius 2 is 2.09 bits per heavy atom. The lowest BCUT2D eigenvalue weighted by molar-refractivity contribution is 0.0194. The van der Waals surface area contributed by atoms with E-state index in [4.69, 9.17) is 4.74 Å². The summed E-state index contributed by atoms with van der Waals surface area (Å²) in [6.45, 7) is 8.34. The number of rotatable bonds is 5. The van der Waals surface area contributed by atoms with E-state index in [1.165, 1.54) is 7.11 Å². The smallest absolute Gasteiger partial charge is 0.227 e. The van der Waals surface area contributed by atoms with Crippen LogP contribution >= 0.6 is 0 Å². The van der Waals surface area contributed by atoms with Gasteiger partial charge in [0.05, 0.1) is 23.7 Å². The van der Waals surface area contributed by atoms with Gasteiger partial charge in [0.25, 0.3) is 0 Å². The van der Waals surface area contributed by atoms with E-state index in [-0.39, 0.29) is 18.7 Å². The number of hydrogen-bond donors (Lipinski definition) is 2. The summed E-state index contributed by atoms with van der Waals surface area (Å²) in [5.41, 5.74) is 0.713. The predicted octanol–water partition coefficient (Wildman–Crippen LogP) is 3.84. The zero-order valence-corrected chi connectivity index (χ0v) is 20.2. The van der Waals surface area contributed by atoms with Gasteiger partial charge in [-0.2, -0.15) is 4.98 Å². The van der Waals surface area contributed by atoms with Crippen molar-refractivity contribution >= 4 is 28.5 Å². The SMILES string of the molecule is CO[C@H]1CCN(c2nccc(Nc3cc4c(cn3)c(C#CC(C)(C)O)cn4C(C)C)n2)C[C@H]1F. The first-order valence-electron chi connectivity index (χ1n) is 11.4. The van der Waals surface area contributed by atoms with Gasteiger partial charge in [0.1, 0.15) is 23.4 Å². The van der Waals surface area contributed by atoms with E-state index in [2.05, 4.69) is 50.5 Å². The van der Waals surface area contributed by atoms with Crippen molar-refractivity contribution in [2.24, 2.45) is 0 Å².